The maximum atomic E-state index is 15.0. The fraction of sp³-hybridized carbons (Fsp3) is 0.667. The smallest absolute Gasteiger partial charge is 0.319 e. The molecule has 0 aromatic carbocycles. The number of aryl methyl sites for hydroxylation is 1. The molecule has 2 fully saturated rings. The summed E-state index contributed by atoms with van der Waals surface area (Å²) < 4.78 is 27.0. The van der Waals surface area contributed by atoms with Gasteiger partial charge in [-0.05, 0) is 52.6 Å². The van der Waals surface area contributed by atoms with Gasteiger partial charge in [-0.2, -0.15) is 9.97 Å². The third-order valence-electron chi connectivity index (χ3n) is 6.62. The van der Waals surface area contributed by atoms with Crippen molar-refractivity contribution in [3.05, 3.63) is 16.7 Å². The summed E-state index contributed by atoms with van der Waals surface area (Å²) in [4.78, 5) is 18.1. The first kappa shape index (κ1) is 20.2. The van der Waals surface area contributed by atoms with Gasteiger partial charge >= 0.3 is 6.01 Å². The molecule has 0 radical (unpaired) electrons. The second-order valence-corrected chi connectivity index (χ2v) is 8.90. The van der Waals surface area contributed by atoms with Crippen LogP contribution >= 0.6 is 11.6 Å². The fourth-order valence-corrected chi connectivity index (χ4v) is 5.23. The summed E-state index contributed by atoms with van der Waals surface area (Å²) in [5, 5.41) is 0.504. The van der Waals surface area contributed by atoms with E-state index in [-0.39, 0.29) is 28.8 Å². The molecular formula is C21H27ClFN5O2. The lowest BCUT2D eigenvalue weighted by molar-refractivity contribution is 0.112. The van der Waals surface area contributed by atoms with E-state index in [9.17, 15) is 0 Å². The van der Waals surface area contributed by atoms with Crippen LogP contribution in [0, 0.1) is 5.82 Å². The predicted molar refractivity (Wildman–Crippen MR) is 113 cm³/mol. The van der Waals surface area contributed by atoms with Crippen LogP contribution in [0.5, 0.6) is 6.01 Å². The molecule has 1 unspecified atom stereocenters. The first-order valence-electron chi connectivity index (χ1n) is 10.8. The maximum Gasteiger partial charge on any atom is 0.319 e. The largest absolute Gasteiger partial charge is 0.459 e. The van der Waals surface area contributed by atoms with Gasteiger partial charge in [0, 0.05) is 19.2 Å². The van der Waals surface area contributed by atoms with Gasteiger partial charge in [-0.1, -0.05) is 11.6 Å². The molecule has 0 saturated carbocycles. The lowest BCUT2D eigenvalue weighted by Crippen LogP contribution is -2.39. The highest BCUT2D eigenvalue weighted by Gasteiger charge is 2.33. The van der Waals surface area contributed by atoms with E-state index in [0.717, 1.165) is 51.1 Å². The summed E-state index contributed by atoms with van der Waals surface area (Å²) in [5.41, 5.74) is 0.942. The van der Waals surface area contributed by atoms with Crippen molar-refractivity contribution in [2.24, 2.45) is 0 Å². The Labute approximate surface area is 180 Å². The van der Waals surface area contributed by atoms with Crippen LogP contribution in [-0.4, -0.2) is 71.4 Å². The van der Waals surface area contributed by atoms with E-state index in [4.69, 9.17) is 26.1 Å². The van der Waals surface area contributed by atoms with Crippen molar-refractivity contribution in [1.82, 2.24) is 19.9 Å². The number of ether oxygens (including phenoxy) is 2. The second kappa shape index (κ2) is 8.05. The van der Waals surface area contributed by atoms with Crippen LogP contribution in [0.15, 0.2) is 0 Å². The zero-order valence-electron chi connectivity index (χ0n) is 17.4. The number of nitrogens with zero attached hydrogens (tertiary/aromatic N) is 5. The number of halogens is 2. The van der Waals surface area contributed by atoms with Gasteiger partial charge in [0.2, 0.25) is 0 Å². The monoisotopic (exact) mass is 435 g/mol. The molecule has 0 bridgehead atoms. The van der Waals surface area contributed by atoms with E-state index in [2.05, 4.69) is 26.8 Å². The molecule has 3 atom stereocenters. The fourth-order valence-electron chi connectivity index (χ4n) is 5.04. The Bertz CT molecular complexity index is 961. The van der Waals surface area contributed by atoms with Crippen molar-refractivity contribution in [3.8, 4) is 6.01 Å². The molecule has 0 N–H and O–H groups in total. The quantitative estimate of drug-likeness (QED) is 0.686. The van der Waals surface area contributed by atoms with Crippen molar-refractivity contribution in [3.63, 3.8) is 0 Å². The highest BCUT2D eigenvalue weighted by molar-refractivity contribution is 6.30. The van der Waals surface area contributed by atoms with Gasteiger partial charge in [0.1, 0.15) is 17.4 Å². The van der Waals surface area contributed by atoms with Gasteiger partial charge in [0.25, 0.3) is 0 Å². The molecule has 0 amide bonds. The minimum absolute atomic E-state index is 0.101. The zero-order valence-corrected chi connectivity index (χ0v) is 18.2. The van der Waals surface area contributed by atoms with Crippen LogP contribution in [0.1, 0.15) is 38.3 Å². The van der Waals surface area contributed by atoms with Crippen molar-refractivity contribution < 1.29 is 13.9 Å². The number of likely N-dealkylation sites (tertiary alicyclic amines) is 1. The SMILES string of the molecule is C[C@H](Oc1nc2c3c(nc(Cl)c(F)c3n1)CCC1COCCCN21)[C@@H]1CCCN1C. The van der Waals surface area contributed by atoms with E-state index in [1.165, 1.54) is 0 Å². The molecule has 2 saturated heterocycles. The highest BCUT2D eigenvalue weighted by Crippen LogP contribution is 2.38. The second-order valence-electron chi connectivity index (χ2n) is 8.54. The molecule has 0 aliphatic carbocycles. The molecule has 3 aliphatic heterocycles. The van der Waals surface area contributed by atoms with E-state index in [1.54, 1.807) is 0 Å². The van der Waals surface area contributed by atoms with Crippen LogP contribution in [0.25, 0.3) is 10.9 Å². The molecule has 30 heavy (non-hydrogen) atoms. The van der Waals surface area contributed by atoms with Crippen LogP contribution in [0.4, 0.5) is 10.2 Å². The average Bonchev–Trinajstić information content (AvgIpc) is 2.94. The van der Waals surface area contributed by atoms with Crippen LogP contribution in [0.2, 0.25) is 5.15 Å². The third kappa shape index (κ3) is 3.48. The first-order valence-corrected chi connectivity index (χ1v) is 11.2. The summed E-state index contributed by atoms with van der Waals surface area (Å²) in [7, 11) is 2.10. The summed E-state index contributed by atoms with van der Waals surface area (Å²) in [6.07, 6.45) is 4.53. The minimum Gasteiger partial charge on any atom is -0.459 e. The van der Waals surface area contributed by atoms with Gasteiger partial charge in [-0.3, -0.25) is 4.90 Å². The summed E-state index contributed by atoms with van der Waals surface area (Å²) in [6.45, 7) is 5.21. The molecule has 2 aromatic heterocycles. The predicted octanol–water partition coefficient (Wildman–Crippen LogP) is 3.22. The summed E-state index contributed by atoms with van der Waals surface area (Å²) in [6, 6.07) is 0.653. The summed E-state index contributed by atoms with van der Waals surface area (Å²) in [5.74, 6) is 0.0760. The Balaban J connectivity index is 1.61. The van der Waals surface area contributed by atoms with Crippen molar-refractivity contribution in [2.75, 3.05) is 38.3 Å². The molecule has 5 rings (SSSR count). The molecule has 3 aliphatic rings. The Kier molecular flexibility index (Phi) is 5.41. The first-order chi connectivity index (χ1) is 14.5. The number of pyridine rings is 1. The number of likely N-dealkylation sites (N-methyl/N-ethyl adjacent to an activating group) is 1. The minimum atomic E-state index is -0.612. The number of hydrogen-bond acceptors (Lipinski definition) is 7. The number of hydrogen-bond donors (Lipinski definition) is 0. The lowest BCUT2D eigenvalue weighted by atomic mass is 10.1. The van der Waals surface area contributed by atoms with Gasteiger partial charge in [-0.25, -0.2) is 9.37 Å². The zero-order chi connectivity index (χ0) is 20.8. The molecular weight excluding hydrogens is 409 g/mol. The van der Waals surface area contributed by atoms with Gasteiger partial charge < -0.3 is 14.4 Å². The Morgan fingerprint density at radius 1 is 1.20 bits per heavy atom. The van der Waals surface area contributed by atoms with Crippen LogP contribution < -0.4 is 9.64 Å². The molecule has 2 aromatic rings. The Hall–Kier alpha value is -1.77. The lowest BCUT2D eigenvalue weighted by Gasteiger charge is -2.30. The molecule has 5 heterocycles. The summed E-state index contributed by atoms with van der Waals surface area (Å²) >= 11 is 6.13. The maximum absolute atomic E-state index is 15.0. The van der Waals surface area contributed by atoms with Crippen LogP contribution in [0.3, 0.4) is 0 Å². The Morgan fingerprint density at radius 2 is 2.07 bits per heavy atom. The van der Waals surface area contributed by atoms with Crippen molar-refractivity contribution in [1.29, 1.82) is 0 Å². The van der Waals surface area contributed by atoms with Crippen molar-refractivity contribution in [2.45, 2.75) is 57.2 Å². The molecule has 162 valence electrons. The van der Waals surface area contributed by atoms with E-state index in [0.29, 0.717) is 30.3 Å². The van der Waals surface area contributed by atoms with Gasteiger partial charge in [0.05, 0.1) is 23.7 Å². The molecule has 7 nitrogen and oxygen atoms in total. The highest BCUT2D eigenvalue weighted by atomic mass is 35.5. The van der Waals surface area contributed by atoms with E-state index < -0.39 is 5.82 Å². The normalized spacial score (nSPS) is 25.7. The third-order valence-corrected chi connectivity index (χ3v) is 6.87. The Morgan fingerprint density at radius 3 is 2.87 bits per heavy atom. The number of aromatic nitrogens is 3. The topological polar surface area (TPSA) is 63.6 Å². The number of fused-ring (bicyclic) bond motifs is 2. The van der Waals surface area contributed by atoms with E-state index >= 15 is 4.39 Å². The van der Waals surface area contributed by atoms with Crippen molar-refractivity contribution >= 4 is 28.3 Å². The number of rotatable bonds is 3. The van der Waals surface area contributed by atoms with Gasteiger partial charge in [0.15, 0.2) is 11.0 Å². The number of anilines is 1. The van der Waals surface area contributed by atoms with Crippen LogP contribution in [-0.2, 0) is 11.2 Å². The van der Waals surface area contributed by atoms with E-state index in [1.807, 2.05) is 6.92 Å². The standard InChI is InChI=1S/C21H27ClFN5O2/c1-12(15-5-3-8-27(15)2)30-21-25-18-16-14(24-19(22)17(18)23)7-6-13-11-29-10-4-9-28(13)20(16)26-21/h12-13,15H,3-11H2,1-2H3/t12-,13?,15-/m0/s1. The molecule has 9 heteroatoms. The average molecular weight is 436 g/mol. The van der Waals surface area contributed by atoms with Gasteiger partial charge in [-0.15, -0.1) is 0 Å². The molecule has 0 spiro atoms.